The maximum absolute atomic E-state index is 16.1. The topological polar surface area (TPSA) is 123 Å². The lowest BCUT2D eigenvalue weighted by atomic mass is 9.86. The van der Waals surface area contributed by atoms with Crippen molar-refractivity contribution in [1.29, 1.82) is 0 Å². The lowest BCUT2D eigenvalue weighted by molar-refractivity contribution is -0.146. The van der Waals surface area contributed by atoms with E-state index in [-0.39, 0.29) is 65.7 Å². The van der Waals surface area contributed by atoms with Crippen LogP contribution in [0, 0.1) is 17.6 Å². The van der Waals surface area contributed by atoms with E-state index in [9.17, 15) is 18.8 Å². The number of fused-ring (bicyclic) bond motifs is 1. The lowest BCUT2D eigenvalue weighted by Crippen LogP contribution is -2.55. The zero-order valence-electron chi connectivity index (χ0n) is 23.2. The minimum atomic E-state index is -2.60. The van der Waals surface area contributed by atoms with E-state index in [4.69, 9.17) is 13.9 Å². The first-order chi connectivity index (χ1) is 20.1. The number of carbonyl (C=O) groups excluding carboxylic acids is 3. The number of urea groups is 1. The van der Waals surface area contributed by atoms with Gasteiger partial charge in [-0.3, -0.25) is 14.5 Å². The zero-order chi connectivity index (χ0) is 30.0. The predicted molar refractivity (Wildman–Crippen MR) is 145 cm³/mol. The van der Waals surface area contributed by atoms with E-state index >= 15 is 8.78 Å². The van der Waals surface area contributed by atoms with E-state index in [1.165, 1.54) is 38.5 Å². The number of hydrogen-bond donors (Lipinski definition) is 2. The Labute approximate surface area is 239 Å². The molecule has 0 radical (unpaired) electrons. The Morgan fingerprint density at radius 2 is 1.88 bits per heavy atom. The molecule has 2 heterocycles. The molecule has 2 aromatic carbocycles. The number of rotatable bonds is 8. The number of nitrogens with zero attached hydrogens (tertiary/aromatic N) is 2. The fourth-order valence-corrected chi connectivity index (χ4v) is 5.62. The number of halogens is 3. The third-order valence-corrected chi connectivity index (χ3v) is 7.91. The van der Waals surface area contributed by atoms with E-state index in [1.807, 2.05) is 0 Å². The summed E-state index contributed by atoms with van der Waals surface area (Å²) in [6, 6.07) is 5.39. The molecule has 3 aromatic rings. The normalized spacial score (nSPS) is 22.2. The van der Waals surface area contributed by atoms with E-state index in [2.05, 4.69) is 15.6 Å². The summed E-state index contributed by atoms with van der Waals surface area (Å²) >= 11 is 0. The molecule has 2 N–H and O–H groups in total. The van der Waals surface area contributed by atoms with Gasteiger partial charge >= 0.3 is 12.0 Å². The molecule has 1 saturated heterocycles. The molecule has 2 fully saturated rings. The molecule has 2 aliphatic rings. The van der Waals surface area contributed by atoms with Gasteiger partial charge in [-0.05, 0) is 55.9 Å². The molecule has 1 atom stereocenters. The minimum absolute atomic E-state index is 0.0355. The molecule has 1 saturated carbocycles. The average molecular weight is 589 g/mol. The van der Waals surface area contributed by atoms with Crippen LogP contribution < -0.4 is 15.4 Å². The molecule has 13 heteroatoms. The Kier molecular flexibility index (Phi) is 8.28. The number of ketones is 1. The fourth-order valence-electron chi connectivity index (χ4n) is 5.62. The molecule has 1 unspecified atom stereocenters. The Morgan fingerprint density at radius 1 is 1.12 bits per heavy atom. The number of ether oxygens (including phenoxy) is 2. The number of amides is 2. The third kappa shape index (κ3) is 5.72. The highest BCUT2D eigenvalue weighted by Gasteiger charge is 2.50. The first-order valence-corrected chi connectivity index (χ1v) is 13.7. The summed E-state index contributed by atoms with van der Waals surface area (Å²) in [6.07, 6.45) is 1.57. The molecule has 1 aliphatic heterocycles. The number of carbonyl (C=O) groups is 3. The highest BCUT2D eigenvalue weighted by atomic mass is 19.1. The molecule has 42 heavy (non-hydrogen) atoms. The van der Waals surface area contributed by atoms with Crippen molar-refractivity contribution >= 4 is 40.6 Å². The molecule has 0 spiro atoms. The predicted octanol–water partition coefficient (Wildman–Crippen LogP) is 5.17. The smallest absolute Gasteiger partial charge is 0.320 e. The number of likely N-dealkylation sites (tertiary alicyclic amines) is 1. The van der Waals surface area contributed by atoms with Crippen molar-refractivity contribution in [1.82, 2.24) is 15.2 Å². The second-order valence-electron chi connectivity index (χ2n) is 10.5. The number of hydrogen-bond acceptors (Lipinski definition) is 8. The summed E-state index contributed by atoms with van der Waals surface area (Å²) in [5.41, 5.74) is -0.0609. The Hall–Kier alpha value is -4.29. The molecule has 1 aliphatic carbocycles. The SMILES string of the molecule is COC(=O)C1CCC(NC(=O)N2CCCC2(F)C(=O)Cc2ccc3nc(Nc4cc(F)ccc4OC)oc3c2F)CC1. The highest BCUT2D eigenvalue weighted by Crippen LogP contribution is 2.35. The average Bonchev–Trinajstić information content (AvgIpc) is 3.59. The van der Waals surface area contributed by atoms with Gasteiger partial charge in [-0.25, -0.2) is 18.0 Å². The minimum Gasteiger partial charge on any atom is -0.495 e. The molecular weight excluding hydrogens is 557 g/mol. The quantitative estimate of drug-likeness (QED) is 0.273. The summed E-state index contributed by atoms with van der Waals surface area (Å²) < 4.78 is 60.7. The van der Waals surface area contributed by atoms with E-state index in [0.717, 1.165) is 11.0 Å². The van der Waals surface area contributed by atoms with Crippen molar-refractivity contribution in [3.8, 4) is 5.75 Å². The van der Waals surface area contributed by atoms with Crippen LogP contribution in [0.3, 0.4) is 0 Å². The van der Waals surface area contributed by atoms with E-state index in [1.54, 1.807) is 0 Å². The largest absolute Gasteiger partial charge is 0.495 e. The molecule has 10 nitrogen and oxygen atoms in total. The van der Waals surface area contributed by atoms with Crippen LogP contribution in [-0.2, 0) is 20.7 Å². The van der Waals surface area contributed by atoms with Gasteiger partial charge in [0.05, 0.1) is 25.8 Å². The Morgan fingerprint density at radius 3 is 2.60 bits per heavy atom. The van der Waals surface area contributed by atoms with Gasteiger partial charge in [0.15, 0.2) is 17.2 Å². The van der Waals surface area contributed by atoms with Crippen molar-refractivity contribution in [2.75, 3.05) is 26.1 Å². The van der Waals surface area contributed by atoms with Gasteiger partial charge in [-0.15, -0.1) is 0 Å². The van der Waals surface area contributed by atoms with Gasteiger partial charge in [0.2, 0.25) is 5.79 Å². The number of aromatic nitrogens is 1. The van der Waals surface area contributed by atoms with Crippen LogP contribution in [0.2, 0.25) is 0 Å². The van der Waals surface area contributed by atoms with Gasteiger partial charge in [0, 0.05) is 31.5 Å². The summed E-state index contributed by atoms with van der Waals surface area (Å²) in [5, 5.41) is 5.53. The number of nitrogens with one attached hydrogen (secondary N) is 2. The van der Waals surface area contributed by atoms with Crippen LogP contribution in [-0.4, -0.2) is 60.3 Å². The van der Waals surface area contributed by atoms with Gasteiger partial charge < -0.3 is 24.5 Å². The maximum atomic E-state index is 16.1. The molecule has 5 rings (SSSR count). The standard InChI is InChI=1S/C29H31F3N4O6/c1-40-22-11-7-18(30)15-21(22)35-27-34-20-10-6-17(24(31)25(20)42-27)14-23(37)29(32)12-3-13-36(29)28(39)33-19-8-4-16(5-9-19)26(38)41-2/h6-7,10-11,15-16,19H,3-5,8-9,12-14H2,1-2H3,(H,33,39)(H,34,35). The van der Waals surface area contributed by atoms with Crippen molar-refractivity contribution < 1.29 is 41.4 Å². The molecule has 1 aromatic heterocycles. The number of Topliss-reactive ketones (excluding diaryl/α,β-unsaturated/α-hetero) is 1. The molecule has 0 bridgehead atoms. The first kappa shape index (κ1) is 29.2. The Bertz CT molecular complexity index is 1510. The second kappa shape index (κ2) is 11.9. The Balaban J connectivity index is 1.27. The van der Waals surface area contributed by atoms with E-state index in [0.29, 0.717) is 31.4 Å². The number of oxazole rings is 1. The van der Waals surface area contributed by atoms with Crippen LogP contribution in [0.4, 0.5) is 29.7 Å². The monoisotopic (exact) mass is 588 g/mol. The summed E-state index contributed by atoms with van der Waals surface area (Å²) in [4.78, 5) is 43.0. The lowest BCUT2D eigenvalue weighted by Gasteiger charge is -2.33. The third-order valence-electron chi connectivity index (χ3n) is 7.91. The number of benzene rings is 2. The number of methoxy groups -OCH3 is 2. The van der Waals surface area contributed by atoms with Gasteiger partial charge in [0.25, 0.3) is 6.01 Å². The summed E-state index contributed by atoms with van der Waals surface area (Å²) in [5.74, 6) is -5.21. The van der Waals surface area contributed by atoms with Crippen molar-refractivity contribution in [2.24, 2.45) is 5.92 Å². The van der Waals surface area contributed by atoms with Crippen molar-refractivity contribution in [3.63, 3.8) is 0 Å². The number of alkyl halides is 1. The highest BCUT2D eigenvalue weighted by molar-refractivity contribution is 5.93. The number of esters is 1. The second-order valence-corrected chi connectivity index (χ2v) is 10.5. The van der Waals surface area contributed by atoms with Gasteiger partial charge in [0.1, 0.15) is 17.1 Å². The first-order valence-electron chi connectivity index (χ1n) is 13.7. The van der Waals surface area contributed by atoms with Crippen molar-refractivity contribution in [3.05, 3.63) is 47.5 Å². The summed E-state index contributed by atoms with van der Waals surface area (Å²) in [7, 11) is 2.73. The molecular formula is C29H31F3N4O6. The van der Waals surface area contributed by atoms with Crippen molar-refractivity contribution in [2.45, 2.75) is 56.8 Å². The van der Waals surface area contributed by atoms with E-state index < -0.39 is 35.7 Å². The van der Waals surface area contributed by atoms with Crippen LogP contribution >= 0.6 is 0 Å². The van der Waals surface area contributed by atoms with Crippen LogP contribution in [0.5, 0.6) is 5.75 Å². The van der Waals surface area contributed by atoms with Gasteiger partial charge in [-0.1, -0.05) is 6.07 Å². The number of anilines is 2. The maximum Gasteiger partial charge on any atom is 0.320 e. The summed E-state index contributed by atoms with van der Waals surface area (Å²) in [6.45, 7) is 0.0355. The van der Waals surface area contributed by atoms with Crippen LogP contribution in [0.1, 0.15) is 44.1 Å². The molecule has 224 valence electrons. The van der Waals surface area contributed by atoms with Crippen LogP contribution in [0.25, 0.3) is 11.1 Å². The van der Waals surface area contributed by atoms with Gasteiger partial charge in [-0.2, -0.15) is 4.98 Å². The molecule has 2 amide bonds. The van der Waals surface area contributed by atoms with Crippen LogP contribution in [0.15, 0.2) is 34.7 Å². The zero-order valence-corrected chi connectivity index (χ0v) is 23.2. The fraction of sp³-hybridized carbons (Fsp3) is 0.448.